The van der Waals surface area contributed by atoms with Gasteiger partial charge in [0.25, 0.3) is 0 Å². The lowest BCUT2D eigenvalue weighted by molar-refractivity contribution is -0.0124. The van der Waals surface area contributed by atoms with E-state index in [2.05, 4.69) is 5.32 Å². The van der Waals surface area contributed by atoms with Crippen LogP contribution in [0.2, 0.25) is 0 Å². The molecule has 1 unspecified atom stereocenters. The summed E-state index contributed by atoms with van der Waals surface area (Å²) in [6.07, 6.45) is 3.44. The van der Waals surface area contributed by atoms with E-state index in [0.717, 1.165) is 39.0 Å². The minimum absolute atomic E-state index is 0.192. The predicted molar refractivity (Wildman–Crippen MR) is 77.8 cm³/mol. The predicted octanol–water partition coefficient (Wildman–Crippen LogP) is 2.15. The van der Waals surface area contributed by atoms with Gasteiger partial charge in [0.05, 0.1) is 6.10 Å². The van der Waals surface area contributed by atoms with Crippen LogP contribution in [0.15, 0.2) is 0 Å². The van der Waals surface area contributed by atoms with Crippen molar-refractivity contribution in [1.29, 1.82) is 0 Å². The summed E-state index contributed by atoms with van der Waals surface area (Å²) in [5, 5.41) is 3.62. The van der Waals surface area contributed by atoms with E-state index in [0.29, 0.717) is 18.2 Å². The Balaban J connectivity index is 1.67. The number of hydrogen-bond donors (Lipinski definition) is 1. The van der Waals surface area contributed by atoms with Crippen LogP contribution in [0.1, 0.15) is 47.0 Å². The number of ether oxygens (including phenoxy) is 2. The Bertz CT molecular complexity index is 335. The highest BCUT2D eigenvalue weighted by Crippen LogP contribution is 2.25. The van der Waals surface area contributed by atoms with Gasteiger partial charge in [0.2, 0.25) is 0 Å². The number of carbonyl (C=O) groups excluding carboxylic acids is 1. The van der Waals surface area contributed by atoms with E-state index in [1.54, 1.807) is 0 Å². The lowest BCUT2D eigenvalue weighted by atomic mass is 9.88. The second-order valence-corrected chi connectivity index (χ2v) is 6.82. The summed E-state index contributed by atoms with van der Waals surface area (Å²) in [6.45, 7) is 10.1. The van der Waals surface area contributed by atoms with Crippen molar-refractivity contribution >= 4 is 6.09 Å². The van der Waals surface area contributed by atoms with Crippen LogP contribution in [0.5, 0.6) is 0 Å². The zero-order chi connectivity index (χ0) is 14.8. The molecule has 1 saturated heterocycles. The highest BCUT2D eigenvalue weighted by molar-refractivity contribution is 5.68. The molecule has 0 radical (unpaired) electrons. The molecule has 0 aromatic carbocycles. The Morgan fingerprint density at radius 3 is 2.60 bits per heavy atom. The van der Waals surface area contributed by atoms with E-state index in [4.69, 9.17) is 9.47 Å². The van der Waals surface area contributed by atoms with Gasteiger partial charge in [-0.2, -0.15) is 0 Å². The fourth-order valence-electron chi connectivity index (χ4n) is 2.80. The minimum Gasteiger partial charge on any atom is -0.444 e. The monoisotopic (exact) mass is 284 g/mol. The Labute approximate surface area is 122 Å². The largest absolute Gasteiger partial charge is 0.444 e. The van der Waals surface area contributed by atoms with Crippen molar-refractivity contribution in [2.45, 2.75) is 70.7 Å². The fraction of sp³-hybridized carbons (Fsp3) is 0.933. The topological polar surface area (TPSA) is 50.8 Å². The Hall–Kier alpha value is -0.810. The zero-order valence-corrected chi connectivity index (χ0v) is 13.1. The van der Waals surface area contributed by atoms with Gasteiger partial charge in [-0.15, -0.1) is 0 Å². The molecule has 2 rings (SSSR count). The van der Waals surface area contributed by atoms with Crippen LogP contribution in [0, 0.1) is 0 Å². The fourth-order valence-corrected chi connectivity index (χ4v) is 2.80. The number of hydrogen-bond acceptors (Lipinski definition) is 4. The number of nitrogens with one attached hydrogen (secondary N) is 1. The maximum absolute atomic E-state index is 12.0. The number of rotatable bonds is 4. The summed E-state index contributed by atoms with van der Waals surface area (Å²) in [4.78, 5) is 13.8. The average Bonchev–Trinajstić information content (AvgIpc) is 2.72. The van der Waals surface area contributed by atoms with E-state index < -0.39 is 5.60 Å². The molecule has 0 bridgehead atoms. The van der Waals surface area contributed by atoms with Crippen molar-refractivity contribution in [3.05, 3.63) is 0 Å². The lowest BCUT2D eigenvalue weighted by Crippen LogP contribution is -2.50. The average molecular weight is 284 g/mol. The third-order valence-electron chi connectivity index (χ3n) is 3.81. The molecule has 1 aliphatic carbocycles. The number of likely N-dealkylation sites (tertiary alicyclic amines) is 1. The summed E-state index contributed by atoms with van der Waals surface area (Å²) < 4.78 is 11.0. The van der Waals surface area contributed by atoms with E-state index >= 15 is 0 Å². The van der Waals surface area contributed by atoms with E-state index in [-0.39, 0.29) is 6.09 Å². The molecule has 1 saturated carbocycles. The van der Waals surface area contributed by atoms with Crippen molar-refractivity contribution < 1.29 is 14.3 Å². The van der Waals surface area contributed by atoms with Crippen molar-refractivity contribution in [2.24, 2.45) is 0 Å². The summed E-state index contributed by atoms with van der Waals surface area (Å²) in [5.41, 5.74) is -0.415. The smallest absolute Gasteiger partial charge is 0.410 e. The molecule has 2 fully saturated rings. The van der Waals surface area contributed by atoms with Gasteiger partial charge in [-0.25, -0.2) is 4.79 Å². The molecule has 1 amide bonds. The SMILES string of the molecule is CCOC1CC(NC2CCN(C(=O)OC(C)(C)C)C2)C1. The molecule has 116 valence electrons. The van der Waals surface area contributed by atoms with Crippen molar-refractivity contribution in [3.63, 3.8) is 0 Å². The molecule has 20 heavy (non-hydrogen) atoms. The summed E-state index contributed by atoms with van der Waals surface area (Å²) in [7, 11) is 0. The van der Waals surface area contributed by atoms with Gasteiger partial charge in [-0.1, -0.05) is 0 Å². The van der Waals surface area contributed by atoms with Crippen molar-refractivity contribution in [1.82, 2.24) is 10.2 Å². The van der Waals surface area contributed by atoms with Gasteiger partial charge >= 0.3 is 6.09 Å². The normalized spacial score (nSPS) is 30.2. The van der Waals surface area contributed by atoms with Crippen LogP contribution in [-0.4, -0.2) is 54.5 Å². The Morgan fingerprint density at radius 1 is 1.30 bits per heavy atom. The van der Waals surface area contributed by atoms with Gasteiger partial charge < -0.3 is 19.7 Å². The van der Waals surface area contributed by atoms with E-state index in [9.17, 15) is 4.79 Å². The van der Waals surface area contributed by atoms with Crippen LogP contribution in [0.4, 0.5) is 4.79 Å². The van der Waals surface area contributed by atoms with Crippen LogP contribution < -0.4 is 5.32 Å². The van der Waals surface area contributed by atoms with Crippen LogP contribution in [0.25, 0.3) is 0 Å². The Kier molecular flexibility index (Phi) is 4.91. The quantitative estimate of drug-likeness (QED) is 0.859. The first-order valence-electron chi connectivity index (χ1n) is 7.73. The highest BCUT2D eigenvalue weighted by atomic mass is 16.6. The van der Waals surface area contributed by atoms with Gasteiger partial charge in [-0.05, 0) is 47.0 Å². The molecular formula is C15H28N2O3. The molecule has 0 aromatic heterocycles. The van der Waals surface area contributed by atoms with Gasteiger partial charge in [-0.3, -0.25) is 0 Å². The molecule has 1 atom stereocenters. The number of nitrogens with zero attached hydrogens (tertiary/aromatic N) is 1. The standard InChI is InChI=1S/C15H28N2O3/c1-5-19-13-8-12(9-13)16-11-6-7-17(10-11)14(18)20-15(2,3)4/h11-13,16H,5-10H2,1-4H3. The lowest BCUT2D eigenvalue weighted by Gasteiger charge is -2.37. The van der Waals surface area contributed by atoms with Gasteiger partial charge in [0, 0.05) is 31.8 Å². The first-order valence-corrected chi connectivity index (χ1v) is 7.73. The third-order valence-corrected chi connectivity index (χ3v) is 3.81. The second kappa shape index (κ2) is 6.31. The number of amides is 1. The highest BCUT2D eigenvalue weighted by Gasteiger charge is 2.35. The zero-order valence-electron chi connectivity index (χ0n) is 13.1. The first-order chi connectivity index (χ1) is 9.37. The summed E-state index contributed by atoms with van der Waals surface area (Å²) in [5.74, 6) is 0. The molecule has 2 aliphatic rings. The second-order valence-electron chi connectivity index (χ2n) is 6.82. The summed E-state index contributed by atoms with van der Waals surface area (Å²) in [6, 6.07) is 0.949. The van der Waals surface area contributed by atoms with Crippen LogP contribution >= 0.6 is 0 Å². The van der Waals surface area contributed by atoms with Crippen LogP contribution in [-0.2, 0) is 9.47 Å². The van der Waals surface area contributed by atoms with E-state index in [1.165, 1.54) is 0 Å². The molecular weight excluding hydrogens is 256 g/mol. The van der Waals surface area contributed by atoms with Gasteiger partial charge in [0.1, 0.15) is 5.60 Å². The molecule has 1 heterocycles. The minimum atomic E-state index is -0.415. The maximum atomic E-state index is 12.0. The molecule has 1 aliphatic heterocycles. The molecule has 1 N–H and O–H groups in total. The maximum Gasteiger partial charge on any atom is 0.410 e. The van der Waals surface area contributed by atoms with Crippen molar-refractivity contribution in [3.8, 4) is 0 Å². The number of carbonyl (C=O) groups is 1. The van der Waals surface area contributed by atoms with Gasteiger partial charge in [0.15, 0.2) is 0 Å². The third kappa shape index (κ3) is 4.35. The molecule has 5 nitrogen and oxygen atoms in total. The van der Waals surface area contributed by atoms with Crippen LogP contribution in [0.3, 0.4) is 0 Å². The summed E-state index contributed by atoms with van der Waals surface area (Å²) >= 11 is 0. The Morgan fingerprint density at radius 2 is 2.00 bits per heavy atom. The molecule has 0 spiro atoms. The van der Waals surface area contributed by atoms with E-state index in [1.807, 2.05) is 32.6 Å². The van der Waals surface area contributed by atoms with Crippen molar-refractivity contribution in [2.75, 3.05) is 19.7 Å². The first kappa shape index (κ1) is 15.6. The molecule has 5 heteroatoms. The molecule has 0 aromatic rings.